The van der Waals surface area contributed by atoms with E-state index in [4.69, 9.17) is 5.73 Å². The molecule has 0 unspecified atom stereocenters. The van der Waals surface area contributed by atoms with Crippen LogP contribution in [0.15, 0.2) is 42.5 Å². The van der Waals surface area contributed by atoms with Crippen LogP contribution in [0.5, 0.6) is 0 Å². The van der Waals surface area contributed by atoms with Crippen molar-refractivity contribution in [3.63, 3.8) is 0 Å². The highest BCUT2D eigenvalue weighted by Gasteiger charge is 2.17. The van der Waals surface area contributed by atoms with Crippen molar-refractivity contribution in [1.29, 1.82) is 0 Å². The summed E-state index contributed by atoms with van der Waals surface area (Å²) in [5.41, 5.74) is 6.65. The van der Waals surface area contributed by atoms with Crippen molar-refractivity contribution in [3.8, 4) is 11.1 Å². The molecule has 2 N–H and O–H groups in total. The van der Waals surface area contributed by atoms with Crippen LogP contribution in [0.25, 0.3) is 11.1 Å². The van der Waals surface area contributed by atoms with Crippen LogP contribution in [-0.2, 0) is 0 Å². The Morgan fingerprint density at radius 1 is 1.12 bits per heavy atom. The minimum absolute atomic E-state index is 0.145. The van der Waals surface area contributed by atoms with E-state index >= 15 is 0 Å². The van der Waals surface area contributed by atoms with E-state index in [1.807, 2.05) is 18.2 Å². The summed E-state index contributed by atoms with van der Waals surface area (Å²) in [5.74, 6) is -0.0717. The third-order valence-electron chi connectivity index (χ3n) is 2.15. The lowest BCUT2D eigenvalue weighted by Gasteiger charge is -2.02. The first-order chi connectivity index (χ1) is 7.68. The van der Waals surface area contributed by atoms with E-state index in [9.17, 15) is 10.1 Å². The van der Waals surface area contributed by atoms with Crippen LogP contribution >= 0.6 is 0 Å². The van der Waals surface area contributed by atoms with Gasteiger partial charge in [0.1, 0.15) is 0 Å². The average Bonchev–Trinajstić information content (AvgIpc) is 2.30. The highest BCUT2D eigenvalue weighted by Crippen LogP contribution is 2.28. The Morgan fingerprint density at radius 3 is 2.44 bits per heavy atom. The second kappa shape index (κ2) is 3.98. The van der Waals surface area contributed by atoms with Crippen LogP contribution in [0.3, 0.4) is 0 Å². The molecular formula is C11H9N3O2. The number of nitrogens with two attached hydrogens (primary N) is 1. The molecule has 16 heavy (non-hydrogen) atoms. The predicted molar refractivity (Wildman–Crippen MR) is 60.7 cm³/mol. The van der Waals surface area contributed by atoms with E-state index in [1.54, 1.807) is 24.3 Å². The standard InChI is InChI=1S/C11H9N3O2/c12-10-7-6-9(11(13-10)14(15)16)8-4-2-1-3-5-8/h1-7H,(H2,12,13). The molecular weight excluding hydrogens is 206 g/mol. The first-order valence-electron chi connectivity index (χ1n) is 4.65. The van der Waals surface area contributed by atoms with Crippen LogP contribution in [0.4, 0.5) is 11.6 Å². The Kier molecular flexibility index (Phi) is 2.51. The van der Waals surface area contributed by atoms with Crippen molar-refractivity contribution in [3.05, 3.63) is 52.6 Å². The van der Waals surface area contributed by atoms with Crippen molar-refractivity contribution in [2.75, 3.05) is 5.73 Å². The quantitative estimate of drug-likeness (QED) is 0.615. The fraction of sp³-hybridized carbons (Fsp3) is 0. The Balaban J connectivity index is 2.61. The van der Waals surface area contributed by atoms with Gasteiger partial charge >= 0.3 is 5.82 Å². The number of anilines is 1. The largest absolute Gasteiger partial charge is 0.373 e. The minimum Gasteiger partial charge on any atom is -0.363 e. The average molecular weight is 215 g/mol. The number of hydrogen-bond donors (Lipinski definition) is 1. The second-order valence-corrected chi connectivity index (χ2v) is 3.23. The lowest BCUT2D eigenvalue weighted by Crippen LogP contribution is -1.98. The molecule has 2 rings (SSSR count). The van der Waals surface area contributed by atoms with Gasteiger partial charge in [-0.1, -0.05) is 30.3 Å². The molecule has 0 aliphatic rings. The number of hydrogen-bond acceptors (Lipinski definition) is 4. The first kappa shape index (κ1) is 10.1. The minimum atomic E-state index is -0.529. The monoisotopic (exact) mass is 215 g/mol. The molecule has 0 saturated heterocycles. The number of benzene rings is 1. The number of nitrogen functional groups attached to an aromatic ring is 1. The molecule has 0 atom stereocenters. The van der Waals surface area contributed by atoms with Crippen LogP contribution in [0.2, 0.25) is 0 Å². The lowest BCUT2D eigenvalue weighted by molar-refractivity contribution is -0.388. The van der Waals surface area contributed by atoms with Crippen LogP contribution in [0, 0.1) is 10.1 Å². The maximum absolute atomic E-state index is 10.8. The molecule has 0 amide bonds. The van der Waals surface area contributed by atoms with Gasteiger partial charge in [0, 0.05) is 6.07 Å². The summed E-state index contributed by atoms with van der Waals surface area (Å²) in [6.45, 7) is 0. The van der Waals surface area contributed by atoms with Crippen LogP contribution in [-0.4, -0.2) is 9.91 Å². The molecule has 5 nitrogen and oxygen atoms in total. The zero-order valence-corrected chi connectivity index (χ0v) is 8.33. The highest BCUT2D eigenvalue weighted by atomic mass is 16.6. The molecule has 1 heterocycles. The number of nitrogens with zero attached hydrogens (tertiary/aromatic N) is 2. The Morgan fingerprint density at radius 2 is 1.81 bits per heavy atom. The van der Waals surface area contributed by atoms with Gasteiger partial charge in [0.25, 0.3) is 0 Å². The van der Waals surface area contributed by atoms with E-state index in [1.165, 1.54) is 0 Å². The van der Waals surface area contributed by atoms with Gasteiger partial charge in [0.05, 0.1) is 5.56 Å². The van der Waals surface area contributed by atoms with Gasteiger partial charge < -0.3 is 15.8 Å². The molecule has 0 bridgehead atoms. The van der Waals surface area contributed by atoms with E-state index in [2.05, 4.69) is 4.98 Å². The maximum Gasteiger partial charge on any atom is 0.373 e. The third kappa shape index (κ3) is 1.83. The van der Waals surface area contributed by atoms with Crippen molar-refractivity contribution < 1.29 is 4.92 Å². The van der Waals surface area contributed by atoms with Gasteiger partial charge in [0.2, 0.25) is 5.82 Å². The fourth-order valence-electron chi connectivity index (χ4n) is 1.45. The van der Waals surface area contributed by atoms with Crippen LogP contribution < -0.4 is 5.73 Å². The molecule has 0 fully saturated rings. The number of pyridine rings is 1. The summed E-state index contributed by atoms with van der Waals surface area (Å²) in [4.78, 5) is 14.0. The molecule has 0 aliphatic heterocycles. The summed E-state index contributed by atoms with van der Waals surface area (Å²) in [7, 11) is 0. The fourth-order valence-corrected chi connectivity index (χ4v) is 1.45. The van der Waals surface area contributed by atoms with E-state index in [0.29, 0.717) is 5.56 Å². The Hall–Kier alpha value is -2.43. The molecule has 2 aromatic rings. The summed E-state index contributed by atoms with van der Waals surface area (Å²) >= 11 is 0. The lowest BCUT2D eigenvalue weighted by atomic mass is 10.1. The van der Waals surface area contributed by atoms with E-state index < -0.39 is 4.92 Å². The van der Waals surface area contributed by atoms with Gasteiger partial charge in [0.15, 0.2) is 0 Å². The second-order valence-electron chi connectivity index (χ2n) is 3.23. The number of aromatic nitrogens is 1. The highest BCUT2D eigenvalue weighted by molar-refractivity contribution is 5.72. The molecule has 1 aromatic heterocycles. The predicted octanol–water partition coefficient (Wildman–Crippen LogP) is 2.24. The smallest absolute Gasteiger partial charge is 0.363 e. The molecule has 0 radical (unpaired) electrons. The SMILES string of the molecule is Nc1ccc(-c2ccccc2)c([N+](=O)[O-])n1. The van der Waals surface area contributed by atoms with E-state index in [-0.39, 0.29) is 11.6 Å². The van der Waals surface area contributed by atoms with Gasteiger partial charge in [-0.3, -0.25) is 0 Å². The first-order valence-corrected chi connectivity index (χ1v) is 4.65. The summed E-state index contributed by atoms with van der Waals surface area (Å²) in [5, 5.41) is 10.8. The third-order valence-corrected chi connectivity index (χ3v) is 2.15. The van der Waals surface area contributed by atoms with Gasteiger partial charge in [-0.2, -0.15) is 0 Å². The zero-order chi connectivity index (χ0) is 11.5. The van der Waals surface area contributed by atoms with E-state index in [0.717, 1.165) is 5.56 Å². The normalized spacial score (nSPS) is 10.0. The van der Waals surface area contributed by atoms with Crippen LogP contribution in [0.1, 0.15) is 0 Å². The summed E-state index contributed by atoms with van der Waals surface area (Å²) in [6.07, 6.45) is 0. The molecule has 5 heteroatoms. The Labute approximate surface area is 91.7 Å². The van der Waals surface area contributed by atoms with Gasteiger partial charge in [-0.25, -0.2) is 0 Å². The van der Waals surface area contributed by atoms with Crippen molar-refractivity contribution >= 4 is 11.6 Å². The van der Waals surface area contributed by atoms with Crippen molar-refractivity contribution in [2.45, 2.75) is 0 Å². The van der Waals surface area contributed by atoms with Gasteiger partial charge in [-0.15, -0.1) is 0 Å². The topological polar surface area (TPSA) is 82.0 Å². The van der Waals surface area contributed by atoms with Gasteiger partial charge in [-0.05, 0) is 21.5 Å². The summed E-state index contributed by atoms with van der Waals surface area (Å²) < 4.78 is 0. The molecule has 0 spiro atoms. The molecule has 1 aromatic carbocycles. The number of nitro groups is 1. The molecule has 80 valence electrons. The van der Waals surface area contributed by atoms with Crippen molar-refractivity contribution in [1.82, 2.24) is 4.98 Å². The zero-order valence-electron chi connectivity index (χ0n) is 8.33. The van der Waals surface area contributed by atoms with Crippen molar-refractivity contribution in [2.24, 2.45) is 0 Å². The molecule has 0 aliphatic carbocycles. The maximum atomic E-state index is 10.8. The number of rotatable bonds is 2. The Bertz CT molecular complexity index is 526. The molecule has 0 saturated carbocycles. The summed E-state index contributed by atoms with van der Waals surface area (Å²) in [6, 6.07) is 12.2.